The van der Waals surface area contributed by atoms with Crippen LogP contribution in [0.2, 0.25) is 10.2 Å². The number of hydrogen-bond acceptors (Lipinski definition) is 5. The van der Waals surface area contributed by atoms with Crippen molar-refractivity contribution >= 4 is 51.3 Å². The van der Waals surface area contributed by atoms with Crippen molar-refractivity contribution in [3.63, 3.8) is 0 Å². The summed E-state index contributed by atoms with van der Waals surface area (Å²) in [7, 11) is 1.30. The molecule has 0 saturated carbocycles. The summed E-state index contributed by atoms with van der Waals surface area (Å²) < 4.78 is 4.62. The smallest absolute Gasteiger partial charge is 0.351 e. The minimum atomic E-state index is -0.508. The molecule has 19 heavy (non-hydrogen) atoms. The SMILES string of the molecule is COC(=O)c1sc(Nc2c(C)cccc2Cl)nc1Cl. The van der Waals surface area contributed by atoms with Crippen molar-refractivity contribution in [2.75, 3.05) is 12.4 Å². The highest BCUT2D eigenvalue weighted by molar-refractivity contribution is 7.18. The quantitative estimate of drug-likeness (QED) is 0.858. The Morgan fingerprint density at radius 3 is 2.79 bits per heavy atom. The van der Waals surface area contributed by atoms with Crippen LogP contribution in [0.1, 0.15) is 15.2 Å². The monoisotopic (exact) mass is 316 g/mol. The Labute approximate surface area is 124 Å². The second kappa shape index (κ2) is 5.77. The zero-order valence-corrected chi connectivity index (χ0v) is 12.5. The first kappa shape index (κ1) is 14.1. The van der Waals surface area contributed by atoms with E-state index in [4.69, 9.17) is 23.2 Å². The van der Waals surface area contributed by atoms with E-state index in [0.717, 1.165) is 22.6 Å². The maximum atomic E-state index is 11.4. The zero-order valence-electron chi connectivity index (χ0n) is 10.2. The predicted octanol–water partition coefficient (Wildman–Crippen LogP) is 4.29. The summed E-state index contributed by atoms with van der Waals surface area (Å²) in [4.78, 5) is 15.8. The van der Waals surface area contributed by atoms with E-state index in [1.165, 1.54) is 7.11 Å². The van der Waals surface area contributed by atoms with Crippen LogP contribution in [0.15, 0.2) is 18.2 Å². The number of aryl methyl sites for hydroxylation is 1. The lowest BCUT2D eigenvalue weighted by Gasteiger charge is -2.08. The molecule has 100 valence electrons. The highest BCUT2D eigenvalue weighted by Crippen LogP contribution is 2.33. The molecule has 7 heteroatoms. The summed E-state index contributed by atoms with van der Waals surface area (Å²) in [6.07, 6.45) is 0. The van der Waals surface area contributed by atoms with Gasteiger partial charge in [0.25, 0.3) is 0 Å². The van der Waals surface area contributed by atoms with Crippen LogP contribution in [-0.4, -0.2) is 18.1 Å². The number of thiazole rings is 1. The highest BCUT2D eigenvalue weighted by atomic mass is 35.5. The normalized spacial score (nSPS) is 10.3. The summed E-state index contributed by atoms with van der Waals surface area (Å²) in [5, 5.41) is 4.24. The Morgan fingerprint density at radius 2 is 2.16 bits per heavy atom. The van der Waals surface area contributed by atoms with Crippen LogP contribution in [-0.2, 0) is 4.74 Å². The molecule has 4 nitrogen and oxygen atoms in total. The molecule has 0 saturated heterocycles. The minimum Gasteiger partial charge on any atom is -0.465 e. The van der Waals surface area contributed by atoms with Crippen LogP contribution in [0.25, 0.3) is 0 Å². The van der Waals surface area contributed by atoms with Gasteiger partial charge in [-0.1, -0.05) is 46.7 Å². The number of nitrogens with zero attached hydrogens (tertiary/aromatic N) is 1. The van der Waals surface area contributed by atoms with Gasteiger partial charge in [-0.05, 0) is 18.6 Å². The number of aromatic nitrogens is 1. The average Bonchev–Trinajstić information content (AvgIpc) is 2.74. The van der Waals surface area contributed by atoms with Gasteiger partial charge in [0.2, 0.25) is 0 Å². The second-order valence-electron chi connectivity index (χ2n) is 3.69. The van der Waals surface area contributed by atoms with E-state index >= 15 is 0 Å². The zero-order chi connectivity index (χ0) is 14.0. The molecule has 0 aliphatic rings. The van der Waals surface area contributed by atoms with Gasteiger partial charge in [-0.25, -0.2) is 9.78 Å². The number of anilines is 2. The van der Waals surface area contributed by atoms with Gasteiger partial charge in [0.15, 0.2) is 15.2 Å². The third kappa shape index (κ3) is 3.00. The van der Waals surface area contributed by atoms with Crippen molar-refractivity contribution in [1.29, 1.82) is 0 Å². The van der Waals surface area contributed by atoms with E-state index in [9.17, 15) is 4.79 Å². The predicted molar refractivity (Wildman–Crippen MR) is 77.9 cm³/mol. The fourth-order valence-electron chi connectivity index (χ4n) is 1.47. The molecule has 1 N–H and O–H groups in total. The number of carbonyl (C=O) groups is 1. The first-order valence-electron chi connectivity index (χ1n) is 5.29. The molecule has 1 heterocycles. The first-order valence-corrected chi connectivity index (χ1v) is 6.87. The first-order chi connectivity index (χ1) is 9.02. The molecular formula is C12H10Cl2N2O2S. The van der Waals surface area contributed by atoms with Crippen LogP contribution < -0.4 is 5.32 Å². The number of halogens is 2. The van der Waals surface area contributed by atoms with E-state index in [1.54, 1.807) is 6.07 Å². The van der Waals surface area contributed by atoms with Crippen molar-refractivity contribution in [3.05, 3.63) is 38.8 Å². The lowest BCUT2D eigenvalue weighted by Crippen LogP contribution is -1.98. The number of esters is 1. The van der Waals surface area contributed by atoms with E-state index in [0.29, 0.717) is 10.2 Å². The van der Waals surface area contributed by atoms with E-state index in [-0.39, 0.29) is 10.0 Å². The average molecular weight is 317 g/mol. The molecule has 2 aromatic rings. The fraction of sp³-hybridized carbons (Fsp3) is 0.167. The number of para-hydroxylation sites is 1. The number of benzene rings is 1. The molecule has 0 unspecified atom stereocenters. The standard InChI is InChI=1S/C12H10Cl2N2O2S/c1-6-4-3-5-7(13)8(6)15-12-16-10(14)9(19-12)11(17)18-2/h3-5H,1-2H3,(H,15,16). The molecule has 0 fully saturated rings. The topological polar surface area (TPSA) is 51.2 Å². The van der Waals surface area contributed by atoms with Crippen LogP contribution in [0.3, 0.4) is 0 Å². The van der Waals surface area contributed by atoms with Gasteiger partial charge < -0.3 is 10.1 Å². The van der Waals surface area contributed by atoms with Gasteiger partial charge in [0.05, 0.1) is 17.8 Å². The van der Waals surface area contributed by atoms with Crippen LogP contribution >= 0.6 is 34.5 Å². The van der Waals surface area contributed by atoms with Crippen LogP contribution in [0.5, 0.6) is 0 Å². The molecular weight excluding hydrogens is 307 g/mol. The number of nitrogens with one attached hydrogen (secondary N) is 1. The summed E-state index contributed by atoms with van der Waals surface area (Å²) in [6.45, 7) is 1.92. The Bertz CT molecular complexity index is 608. The number of carbonyl (C=O) groups excluding carboxylic acids is 1. The lowest BCUT2D eigenvalue weighted by molar-refractivity contribution is 0.0606. The van der Waals surface area contributed by atoms with Gasteiger partial charge >= 0.3 is 5.97 Å². The molecule has 0 atom stereocenters. The molecule has 0 aliphatic heterocycles. The minimum absolute atomic E-state index is 0.115. The Hall–Kier alpha value is -1.30. The Balaban J connectivity index is 2.32. The van der Waals surface area contributed by atoms with E-state index in [2.05, 4.69) is 15.0 Å². The molecule has 1 aromatic heterocycles. The number of ether oxygens (including phenoxy) is 1. The second-order valence-corrected chi connectivity index (χ2v) is 5.45. The summed E-state index contributed by atoms with van der Waals surface area (Å²) in [5.74, 6) is -0.508. The molecule has 2 rings (SSSR count). The van der Waals surface area contributed by atoms with E-state index < -0.39 is 5.97 Å². The third-order valence-electron chi connectivity index (χ3n) is 2.41. The van der Waals surface area contributed by atoms with Crippen molar-refractivity contribution in [2.24, 2.45) is 0 Å². The Kier molecular flexibility index (Phi) is 4.29. The number of methoxy groups -OCH3 is 1. The van der Waals surface area contributed by atoms with Crippen molar-refractivity contribution in [1.82, 2.24) is 4.98 Å². The number of rotatable bonds is 3. The van der Waals surface area contributed by atoms with Gasteiger partial charge in [-0.15, -0.1) is 0 Å². The van der Waals surface area contributed by atoms with Crippen molar-refractivity contribution in [2.45, 2.75) is 6.92 Å². The van der Waals surface area contributed by atoms with Gasteiger partial charge in [0, 0.05) is 0 Å². The fourth-order valence-corrected chi connectivity index (χ4v) is 2.85. The summed E-state index contributed by atoms with van der Waals surface area (Å²) in [5.41, 5.74) is 1.71. The molecule has 0 amide bonds. The molecule has 0 radical (unpaired) electrons. The van der Waals surface area contributed by atoms with Crippen molar-refractivity contribution < 1.29 is 9.53 Å². The molecule has 1 aromatic carbocycles. The third-order valence-corrected chi connectivity index (χ3v) is 4.06. The number of hydrogen-bond donors (Lipinski definition) is 1. The largest absolute Gasteiger partial charge is 0.465 e. The highest BCUT2D eigenvalue weighted by Gasteiger charge is 2.18. The lowest BCUT2D eigenvalue weighted by atomic mass is 10.2. The molecule has 0 aliphatic carbocycles. The molecule has 0 spiro atoms. The van der Waals surface area contributed by atoms with Gasteiger partial charge in [-0.3, -0.25) is 0 Å². The Morgan fingerprint density at radius 1 is 1.42 bits per heavy atom. The van der Waals surface area contributed by atoms with E-state index in [1.807, 2.05) is 19.1 Å². The van der Waals surface area contributed by atoms with Gasteiger partial charge in [0.1, 0.15) is 0 Å². The van der Waals surface area contributed by atoms with Crippen molar-refractivity contribution in [3.8, 4) is 0 Å². The van der Waals surface area contributed by atoms with Crippen LogP contribution in [0, 0.1) is 6.92 Å². The maximum Gasteiger partial charge on any atom is 0.351 e. The van der Waals surface area contributed by atoms with Gasteiger partial charge in [-0.2, -0.15) is 0 Å². The maximum absolute atomic E-state index is 11.4. The van der Waals surface area contributed by atoms with Crippen LogP contribution in [0.4, 0.5) is 10.8 Å². The summed E-state index contributed by atoms with van der Waals surface area (Å²) in [6, 6.07) is 5.55. The molecule has 0 bridgehead atoms. The summed E-state index contributed by atoms with van der Waals surface area (Å²) >= 11 is 13.1.